The van der Waals surface area contributed by atoms with Gasteiger partial charge < -0.3 is 10.3 Å². The Morgan fingerprint density at radius 1 is 1.35 bits per heavy atom. The lowest BCUT2D eigenvalue weighted by Crippen LogP contribution is -2.13. The van der Waals surface area contributed by atoms with E-state index in [1.165, 1.54) is 0 Å². The first-order valence-electron chi connectivity index (χ1n) is 6.51. The molecule has 1 unspecified atom stereocenters. The number of thioether (sulfide) groups is 1. The Bertz CT molecular complexity index is 559. The Balaban J connectivity index is 1.95. The number of nitrogens with two attached hydrogens (primary N) is 1. The fourth-order valence-electron chi connectivity index (χ4n) is 1.79. The minimum absolute atomic E-state index is 0.193. The van der Waals surface area contributed by atoms with Crippen LogP contribution in [0.4, 0.5) is 0 Å². The molecule has 0 radical (unpaired) electrons. The minimum atomic E-state index is -0.193. The molecule has 108 valence electrons. The van der Waals surface area contributed by atoms with Crippen LogP contribution in [0.1, 0.15) is 38.0 Å². The summed E-state index contributed by atoms with van der Waals surface area (Å²) in [6.07, 6.45) is 0.833. The van der Waals surface area contributed by atoms with E-state index in [0.717, 1.165) is 16.3 Å². The molecule has 1 aromatic heterocycles. The lowest BCUT2D eigenvalue weighted by Gasteiger charge is -2.08. The molecule has 1 atom stereocenters. The highest BCUT2D eigenvalue weighted by atomic mass is 35.5. The van der Waals surface area contributed by atoms with Gasteiger partial charge in [0.05, 0.1) is 16.8 Å². The third-order valence-electron chi connectivity index (χ3n) is 2.72. The van der Waals surface area contributed by atoms with Crippen molar-refractivity contribution in [3.05, 3.63) is 41.0 Å². The highest BCUT2D eigenvalue weighted by molar-refractivity contribution is 7.98. The van der Waals surface area contributed by atoms with Gasteiger partial charge in [0.25, 0.3) is 0 Å². The van der Waals surface area contributed by atoms with Crippen molar-refractivity contribution in [3.8, 4) is 0 Å². The van der Waals surface area contributed by atoms with Crippen molar-refractivity contribution in [2.45, 2.75) is 37.0 Å². The number of halogens is 1. The summed E-state index contributed by atoms with van der Waals surface area (Å²) in [5, 5.41) is 4.69. The Morgan fingerprint density at radius 2 is 2.10 bits per heavy atom. The van der Waals surface area contributed by atoms with Gasteiger partial charge in [-0.3, -0.25) is 0 Å². The molecule has 0 aliphatic rings. The van der Waals surface area contributed by atoms with Gasteiger partial charge in [0.2, 0.25) is 5.89 Å². The molecule has 0 saturated heterocycles. The Morgan fingerprint density at radius 3 is 2.80 bits per heavy atom. The largest absolute Gasteiger partial charge is 0.338 e. The normalized spacial score (nSPS) is 12.8. The standard InChI is InChI=1S/C14H18ClN3OS/c1-9(2)7-11(16)14-17-13(18-19-14)8-20-12-6-4-3-5-10(12)15/h3-6,9,11H,7-8,16H2,1-2H3. The van der Waals surface area contributed by atoms with Crippen molar-refractivity contribution in [2.24, 2.45) is 11.7 Å². The minimum Gasteiger partial charge on any atom is -0.338 e. The molecule has 0 spiro atoms. The fraction of sp³-hybridized carbons (Fsp3) is 0.429. The van der Waals surface area contributed by atoms with Crippen LogP contribution in [0.2, 0.25) is 5.02 Å². The topological polar surface area (TPSA) is 64.9 Å². The molecule has 1 aromatic carbocycles. The second kappa shape index (κ2) is 7.11. The molecule has 0 saturated carbocycles. The number of benzene rings is 1. The maximum atomic E-state index is 6.10. The summed E-state index contributed by atoms with van der Waals surface area (Å²) in [5.41, 5.74) is 6.02. The summed E-state index contributed by atoms with van der Waals surface area (Å²) in [6.45, 7) is 4.23. The van der Waals surface area contributed by atoms with Crippen molar-refractivity contribution in [1.29, 1.82) is 0 Å². The van der Waals surface area contributed by atoms with Crippen LogP contribution in [0.3, 0.4) is 0 Å². The van der Waals surface area contributed by atoms with E-state index in [2.05, 4.69) is 24.0 Å². The van der Waals surface area contributed by atoms with Crippen LogP contribution in [0.15, 0.2) is 33.7 Å². The lowest BCUT2D eigenvalue weighted by atomic mass is 10.0. The number of aromatic nitrogens is 2. The van der Waals surface area contributed by atoms with Crippen LogP contribution < -0.4 is 5.73 Å². The summed E-state index contributed by atoms with van der Waals surface area (Å²) in [6, 6.07) is 7.50. The summed E-state index contributed by atoms with van der Waals surface area (Å²) in [7, 11) is 0. The van der Waals surface area contributed by atoms with Crippen LogP contribution in [0.5, 0.6) is 0 Å². The molecule has 0 bridgehead atoms. The van der Waals surface area contributed by atoms with Gasteiger partial charge >= 0.3 is 0 Å². The molecule has 2 aromatic rings. The van der Waals surface area contributed by atoms with Gasteiger partial charge in [0.1, 0.15) is 0 Å². The number of nitrogens with zero attached hydrogens (tertiary/aromatic N) is 2. The van der Waals surface area contributed by atoms with E-state index in [-0.39, 0.29) is 6.04 Å². The highest BCUT2D eigenvalue weighted by Gasteiger charge is 2.16. The van der Waals surface area contributed by atoms with Gasteiger partial charge in [0, 0.05) is 4.90 Å². The van der Waals surface area contributed by atoms with Crippen LogP contribution in [0, 0.1) is 5.92 Å². The van der Waals surface area contributed by atoms with Gasteiger partial charge in [-0.15, -0.1) is 11.8 Å². The zero-order chi connectivity index (χ0) is 14.5. The van der Waals surface area contributed by atoms with Gasteiger partial charge in [-0.25, -0.2) is 0 Å². The van der Waals surface area contributed by atoms with Crippen LogP contribution in [0.25, 0.3) is 0 Å². The predicted molar refractivity (Wildman–Crippen MR) is 81.7 cm³/mol. The predicted octanol–water partition coefficient (Wildman–Crippen LogP) is 4.06. The molecule has 0 aliphatic carbocycles. The second-order valence-corrected chi connectivity index (χ2v) is 6.43. The average Bonchev–Trinajstić information content (AvgIpc) is 2.86. The molecule has 1 heterocycles. The first-order chi connectivity index (χ1) is 9.56. The Hall–Kier alpha value is -1.04. The zero-order valence-electron chi connectivity index (χ0n) is 11.5. The summed E-state index contributed by atoms with van der Waals surface area (Å²) >= 11 is 7.68. The van der Waals surface area contributed by atoms with Gasteiger partial charge in [-0.2, -0.15) is 4.98 Å². The van der Waals surface area contributed by atoms with Crippen molar-refractivity contribution < 1.29 is 4.52 Å². The quantitative estimate of drug-likeness (QED) is 0.815. The SMILES string of the molecule is CC(C)CC(N)c1nc(CSc2ccccc2Cl)no1. The third-order valence-corrected chi connectivity index (χ3v) is 4.23. The molecule has 0 aliphatic heterocycles. The fourth-order valence-corrected chi connectivity index (χ4v) is 2.87. The van der Waals surface area contributed by atoms with E-state index in [0.29, 0.717) is 23.4 Å². The van der Waals surface area contributed by atoms with Crippen molar-refractivity contribution >= 4 is 23.4 Å². The van der Waals surface area contributed by atoms with E-state index in [4.69, 9.17) is 21.9 Å². The highest BCUT2D eigenvalue weighted by Crippen LogP contribution is 2.29. The van der Waals surface area contributed by atoms with Gasteiger partial charge in [0.15, 0.2) is 5.82 Å². The van der Waals surface area contributed by atoms with Crippen molar-refractivity contribution in [3.63, 3.8) is 0 Å². The molecular formula is C14H18ClN3OS. The van der Waals surface area contributed by atoms with E-state index < -0.39 is 0 Å². The number of hydrogen-bond donors (Lipinski definition) is 1. The Kier molecular flexibility index (Phi) is 5.46. The van der Waals surface area contributed by atoms with Crippen molar-refractivity contribution in [1.82, 2.24) is 10.1 Å². The maximum absolute atomic E-state index is 6.10. The second-order valence-electron chi connectivity index (χ2n) is 5.00. The first kappa shape index (κ1) is 15.4. The van der Waals surface area contributed by atoms with Crippen LogP contribution in [-0.2, 0) is 5.75 Å². The molecule has 6 heteroatoms. The number of hydrogen-bond acceptors (Lipinski definition) is 5. The zero-order valence-corrected chi connectivity index (χ0v) is 13.1. The molecule has 20 heavy (non-hydrogen) atoms. The first-order valence-corrected chi connectivity index (χ1v) is 7.88. The van der Waals surface area contributed by atoms with Gasteiger partial charge in [-0.05, 0) is 24.5 Å². The van der Waals surface area contributed by atoms with Crippen molar-refractivity contribution in [2.75, 3.05) is 0 Å². The third kappa shape index (κ3) is 4.23. The summed E-state index contributed by atoms with van der Waals surface area (Å²) < 4.78 is 5.21. The average molecular weight is 312 g/mol. The monoisotopic (exact) mass is 311 g/mol. The molecule has 4 nitrogen and oxygen atoms in total. The maximum Gasteiger partial charge on any atom is 0.243 e. The summed E-state index contributed by atoms with van der Waals surface area (Å²) in [5.74, 6) is 2.26. The summed E-state index contributed by atoms with van der Waals surface area (Å²) in [4.78, 5) is 5.35. The lowest BCUT2D eigenvalue weighted by molar-refractivity contribution is 0.333. The molecule has 2 rings (SSSR count). The molecule has 0 fully saturated rings. The number of rotatable bonds is 6. The van der Waals surface area contributed by atoms with E-state index >= 15 is 0 Å². The van der Waals surface area contributed by atoms with Gasteiger partial charge in [-0.1, -0.05) is 42.7 Å². The molecule has 2 N–H and O–H groups in total. The molecular weight excluding hydrogens is 294 g/mol. The molecule has 0 amide bonds. The van der Waals surface area contributed by atoms with E-state index in [1.54, 1.807) is 11.8 Å². The van der Waals surface area contributed by atoms with E-state index in [1.807, 2.05) is 24.3 Å². The van der Waals surface area contributed by atoms with Crippen LogP contribution in [-0.4, -0.2) is 10.1 Å². The smallest absolute Gasteiger partial charge is 0.243 e. The Labute approximate surface area is 128 Å². The van der Waals surface area contributed by atoms with Crippen LogP contribution >= 0.6 is 23.4 Å². The van der Waals surface area contributed by atoms with E-state index in [9.17, 15) is 0 Å².